The molecule has 0 radical (unpaired) electrons. The number of hydrazone groups is 1. The van der Waals surface area contributed by atoms with E-state index in [0.717, 1.165) is 5.69 Å². The van der Waals surface area contributed by atoms with Crippen molar-refractivity contribution >= 4 is 39.5 Å². The van der Waals surface area contributed by atoms with Gasteiger partial charge in [-0.15, -0.1) is 0 Å². The highest BCUT2D eigenvalue weighted by Crippen LogP contribution is 2.20. The van der Waals surface area contributed by atoms with Crippen LogP contribution >= 0.6 is 12.2 Å². The maximum absolute atomic E-state index is 11.8. The Kier molecular flexibility index (Phi) is 6.10. The van der Waals surface area contributed by atoms with Crippen molar-refractivity contribution in [3.63, 3.8) is 0 Å². The quantitative estimate of drug-likeness (QED) is 0.359. The van der Waals surface area contributed by atoms with Crippen molar-refractivity contribution in [2.24, 2.45) is 17.9 Å². The number of anilines is 1. The van der Waals surface area contributed by atoms with Crippen LogP contribution in [0.1, 0.15) is 12.1 Å². The summed E-state index contributed by atoms with van der Waals surface area (Å²) in [5.74, 6) is 0.378. The summed E-state index contributed by atoms with van der Waals surface area (Å²) in [6, 6.07) is 1.69. The molecule has 0 amide bonds. The van der Waals surface area contributed by atoms with Crippen LogP contribution in [0.25, 0.3) is 11.4 Å². The third-order valence-corrected chi connectivity index (χ3v) is 5.99. The van der Waals surface area contributed by atoms with E-state index in [2.05, 4.69) is 25.4 Å². The van der Waals surface area contributed by atoms with Gasteiger partial charge in [-0.2, -0.15) is 5.10 Å². The number of nitrogens with zero attached hydrogens (tertiary/aromatic N) is 7. The van der Waals surface area contributed by atoms with Crippen LogP contribution in [0.15, 0.2) is 23.7 Å². The molecule has 0 bridgehead atoms. The summed E-state index contributed by atoms with van der Waals surface area (Å²) < 4.78 is 26.8. The highest BCUT2D eigenvalue weighted by Gasteiger charge is 2.29. The molecular weight excluding hydrogens is 414 g/mol. The van der Waals surface area contributed by atoms with Gasteiger partial charge in [-0.05, 0) is 24.7 Å². The van der Waals surface area contributed by atoms with Crippen LogP contribution in [-0.4, -0.2) is 81.0 Å². The number of imidazole rings is 1. The van der Waals surface area contributed by atoms with Crippen molar-refractivity contribution in [2.75, 3.05) is 31.7 Å². The Morgan fingerprint density at radius 1 is 1.48 bits per heavy atom. The molecule has 2 aromatic heterocycles. The fourth-order valence-corrected chi connectivity index (χ4v) is 3.80. The van der Waals surface area contributed by atoms with Crippen molar-refractivity contribution in [3.8, 4) is 11.4 Å². The summed E-state index contributed by atoms with van der Waals surface area (Å²) >= 11 is 4.88. The molecule has 11 nitrogen and oxygen atoms in total. The molecule has 0 saturated carbocycles. The van der Waals surface area contributed by atoms with Crippen molar-refractivity contribution < 1.29 is 8.42 Å². The Morgan fingerprint density at radius 3 is 2.83 bits per heavy atom. The lowest BCUT2D eigenvalue weighted by Gasteiger charge is -2.15. The highest BCUT2D eigenvalue weighted by molar-refractivity contribution is 7.88. The lowest BCUT2D eigenvalue weighted by atomic mass is 10.2. The monoisotopic (exact) mass is 437 g/mol. The molecule has 1 fully saturated rings. The standard InChI is InChI=1S/C16H23N9O2S2/c1-23-10-18-8-14(23)13-6-12(7-19-24(2)15(17)28)21-16(22-13)20-11-4-5-25(9-11)29(3,26)27/h6-8,10-11H,4-5,9H2,1-3H3,(H2,17,28)(H,20,21,22)/b19-7+. The Labute approximate surface area is 174 Å². The fourth-order valence-electron chi connectivity index (χ4n) is 2.86. The van der Waals surface area contributed by atoms with Crippen LogP contribution in [0.5, 0.6) is 0 Å². The third-order valence-electron chi connectivity index (χ3n) is 4.46. The van der Waals surface area contributed by atoms with Crippen LogP contribution in [0.2, 0.25) is 0 Å². The second-order valence-electron chi connectivity index (χ2n) is 6.75. The first kappa shape index (κ1) is 21.1. The average Bonchev–Trinajstić information content (AvgIpc) is 3.28. The fraction of sp³-hybridized carbons (Fsp3) is 0.438. The molecule has 0 aromatic carbocycles. The molecule has 0 spiro atoms. The molecule has 1 aliphatic rings. The molecule has 13 heteroatoms. The number of hydrogen-bond donors (Lipinski definition) is 2. The summed E-state index contributed by atoms with van der Waals surface area (Å²) in [4.78, 5) is 13.2. The molecule has 3 heterocycles. The summed E-state index contributed by atoms with van der Waals surface area (Å²) in [6.45, 7) is 0.830. The van der Waals surface area contributed by atoms with Crippen LogP contribution in [0, 0.1) is 0 Å². The Balaban J connectivity index is 1.89. The van der Waals surface area contributed by atoms with E-state index in [1.807, 2.05) is 11.6 Å². The first-order valence-electron chi connectivity index (χ1n) is 8.78. The zero-order valence-electron chi connectivity index (χ0n) is 16.3. The summed E-state index contributed by atoms with van der Waals surface area (Å²) in [5.41, 5.74) is 7.54. The summed E-state index contributed by atoms with van der Waals surface area (Å²) in [5, 5.41) is 8.89. The van der Waals surface area contributed by atoms with Crippen molar-refractivity contribution in [3.05, 3.63) is 24.3 Å². The Hall–Kier alpha value is -2.64. The van der Waals surface area contributed by atoms with E-state index in [1.165, 1.54) is 21.8 Å². The maximum Gasteiger partial charge on any atom is 0.224 e. The molecule has 156 valence electrons. The number of thiocarbonyl (C=S) groups is 1. The lowest BCUT2D eigenvalue weighted by Crippen LogP contribution is -2.31. The van der Waals surface area contributed by atoms with E-state index < -0.39 is 10.0 Å². The Morgan fingerprint density at radius 2 is 2.24 bits per heavy atom. The van der Waals surface area contributed by atoms with Gasteiger partial charge in [-0.3, -0.25) is 0 Å². The maximum atomic E-state index is 11.8. The van der Waals surface area contributed by atoms with Crippen molar-refractivity contribution in [2.45, 2.75) is 12.5 Å². The molecule has 1 aliphatic heterocycles. The molecule has 1 unspecified atom stereocenters. The molecule has 1 saturated heterocycles. The van der Waals surface area contributed by atoms with Crippen LogP contribution in [-0.2, 0) is 17.1 Å². The predicted molar refractivity (Wildman–Crippen MR) is 115 cm³/mol. The number of hydrogen-bond acceptors (Lipinski definition) is 8. The topological polar surface area (TPSA) is 135 Å². The molecular formula is C16H23N9O2S2. The van der Waals surface area contributed by atoms with Gasteiger partial charge in [0.15, 0.2) is 5.11 Å². The van der Waals surface area contributed by atoms with Gasteiger partial charge in [-0.1, -0.05) is 0 Å². The lowest BCUT2D eigenvalue weighted by molar-refractivity contribution is 0.480. The number of sulfonamides is 1. The Bertz CT molecular complexity index is 1030. The SMILES string of the molecule is CN(/N=C/c1cc(-c2cncn2C)nc(NC2CCN(S(C)(=O)=O)C2)n1)C(N)=S. The third kappa shape index (κ3) is 5.25. The van der Waals surface area contributed by atoms with E-state index in [0.29, 0.717) is 36.8 Å². The predicted octanol–water partition coefficient (Wildman–Crippen LogP) is -0.168. The first-order chi connectivity index (χ1) is 13.6. The number of aryl methyl sites for hydroxylation is 1. The zero-order chi connectivity index (χ0) is 21.2. The van der Waals surface area contributed by atoms with Crippen molar-refractivity contribution in [1.29, 1.82) is 0 Å². The van der Waals surface area contributed by atoms with Gasteiger partial charge in [0.2, 0.25) is 16.0 Å². The molecule has 1 atom stereocenters. The largest absolute Gasteiger partial charge is 0.375 e. The highest BCUT2D eigenvalue weighted by atomic mass is 32.2. The van der Waals surface area contributed by atoms with Gasteiger partial charge >= 0.3 is 0 Å². The van der Waals surface area contributed by atoms with Gasteiger partial charge in [0.25, 0.3) is 0 Å². The average molecular weight is 438 g/mol. The smallest absolute Gasteiger partial charge is 0.224 e. The molecule has 0 aliphatic carbocycles. The van der Waals surface area contributed by atoms with Gasteiger partial charge < -0.3 is 15.6 Å². The summed E-state index contributed by atoms with van der Waals surface area (Å²) in [7, 11) is 0.285. The second-order valence-corrected chi connectivity index (χ2v) is 9.15. The molecule has 2 aromatic rings. The van der Waals surface area contributed by atoms with E-state index in [-0.39, 0.29) is 11.2 Å². The van der Waals surface area contributed by atoms with Gasteiger partial charge in [0.1, 0.15) is 0 Å². The second kappa shape index (κ2) is 8.39. The van der Waals surface area contributed by atoms with E-state index in [9.17, 15) is 8.42 Å². The molecule has 3 N–H and O–H groups in total. The molecule has 29 heavy (non-hydrogen) atoms. The normalized spacial score (nSPS) is 17.7. The van der Waals surface area contributed by atoms with Crippen LogP contribution < -0.4 is 11.1 Å². The van der Waals surface area contributed by atoms with E-state index >= 15 is 0 Å². The van der Waals surface area contributed by atoms with Crippen LogP contribution in [0.3, 0.4) is 0 Å². The zero-order valence-corrected chi connectivity index (χ0v) is 18.0. The summed E-state index contributed by atoms with van der Waals surface area (Å²) in [6.07, 6.45) is 6.79. The number of nitrogens with one attached hydrogen (secondary N) is 1. The van der Waals surface area contributed by atoms with Crippen LogP contribution in [0.4, 0.5) is 5.95 Å². The number of rotatable bonds is 6. The first-order valence-corrected chi connectivity index (χ1v) is 11.0. The van der Waals surface area contributed by atoms with Gasteiger partial charge in [0, 0.05) is 33.2 Å². The number of nitrogens with two attached hydrogens (primary N) is 1. The number of aromatic nitrogens is 4. The minimum absolute atomic E-state index is 0.0874. The minimum atomic E-state index is -3.22. The molecule has 3 rings (SSSR count). The van der Waals surface area contributed by atoms with Crippen molar-refractivity contribution in [1.82, 2.24) is 28.8 Å². The minimum Gasteiger partial charge on any atom is -0.375 e. The van der Waals surface area contributed by atoms with E-state index in [4.69, 9.17) is 18.0 Å². The van der Waals surface area contributed by atoms with Gasteiger partial charge in [-0.25, -0.2) is 32.7 Å². The van der Waals surface area contributed by atoms with E-state index in [1.54, 1.807) is 25.6 Å². The van der Waals surface area contributed by atoms with Gasteiger partial charge in [0.05, 0.1) is 42.1 Å².